The summed E-state index contributed by atoms with van der Waals surface area (Å²) < 4.78 is 9.97. The number of carbonyl (C=O) groups is 3. The Labute approximate surface area is 159 Å². The van der Waals surface area contributed by atoms with Gasteiger partial charge in [0.15, 0.2) is 6.61 Å². The number of hydrogen-bond acceptors (Lipinski definition) is 8. The molecule has 0 aromatic carbocycles. The highest BCUT2D eigenvalue weighted by Crippen LogP contribution is 2.29. The number of carbonyl (C=O) groups excluding carboxylic acids is 3. The van der Waals surface area contributed by atoms with Gasteiger partial charge in [0, 0.05) is 10.3 Å². The second-order valence-electron chi connectivity index (χ2n) is 5.27. The van der Waals surface area contributed by atoms with Crippen LogP contribution in [0.3, 0.4) is 0 Å². The fourth-order valence-electron chi connectivity index (χ4n) is 2.07. The molecule has 140 valence electrons. The van der Waals surface area contributed by atoms with E-state index in [1.165, 1.54) is 22.7 Å². The molecule has 0 unspecified atom stereocenters. The minimum atomic E-state index is -0.531. The molecule has 0 fully saturated rings. The topological polar surface area (TPSA) is 94.6 Å². The molecule has 0 atom stereocenters. The number of ether oxygens (including phenoxy) is 2. The minimum absolute atomic E-state index is 0.0185. The molecule has 0 radical (unpaired) electrons. The summed E-state index contributed by atoms with van der Waals surface area (Å²) >= 11 is 2.74. The molecule has 0 aliphatic carbocycles. The van der Waals surface area contributed by atoms with Crippen molar-refractivity contribution in [2.75, 3.05) is 18.5 Å². The van der Waals surface area contributed by atoms with Gasteiger partial charge in [0.1, 0.15) is 5.00 Å². The number of thiazole rings is 1. The molecule has 0 bridgehead atoms. The molecule has 2 aromatic rings. The number of esters is 2. The molecule has 1 N–H and O–H groups in total. The Morgan fingerprint density at radius 3 is 2.62 bits per heavy atom. The van der Waals surface area contributed by atoms with E-state index in [1.807, 2.05) is 13.8 Å². The molecule has 0 aliphatic rings. The van der Waals surface area contributed by atoms with E-state index in [4.69, 9.17) is 9.47 Å². The molecule has 0 aliphatic heterocycles. The molecule has 2 aromatic heterocycles. The van der Waals surface area contributed by atoms with Crippen LogP contribution in [0.5, 0.6) is 0 Å². The second-order valence-corrected chi connectivity index (χ2v) is 7.47. The minimum Gasteiger partial charge on any atom is -0.462 e. The van der Waals surface area contributed by atoms with Crippen LogP contribution < -0.4 is 5.32 Å². The van der Waals surface area contributed by atoms with Crippen molar-refractivity contribution in [1.29, 1.82) is 0 Å². The molecule has 1 amide bonds. The zero-order valence-electron chi connectivity index (χ0n) is 14.8. The van der Waals surface area contributed by atoms with Crippen molar-refractivity contribution in [3.63, 3.8) is 0 Å². The summed E-state index contributed by atoms with van der Waals surface area (Å²) in [5.74, 6) is -1.53. The van der Waals surface area contributed by atoms with Gasteiger partial charge in [-0.05, 0) is 26.3 Å². The number of anilines is 1. The summed E-state index contributed by atoms with van der Waals surface area (Å²) in [6.45, 7) is 5.33. The molecule has 7 nitrogen and oxygen atoms in total. The Morgan fingerprint density at radius 2 is 2.00 bits per heavy atom. The van der Waals surface area contributed by atoms with E-state index in [1.54, 1.807) is 18.4 Å². The average molecular weight is 396 g/mol. The molecule has 26 heavy (non-hydrogen) atoms. The Morgan fingerprint density at radius 1 is 1.23 bits per heavy atom. The van der Waals surface area contributed by atoms with Gasteiger partial charge in [-0.1, -0.05) is 6.92 Å². The third-order valence-electron chi connectivity index (χ3n) is 3.24. The largest absolute Gasteiger partial charge is 0.462 e. The van der Waals surface area contributed by atoms with Gasteiger partial charge in [-0.15, -0.1) is 22.7 Å². The maximum atomic E-state index is 12.1. The number of amides is 1. The van der Waals surface area contributed by atoms with Crippen molar-refractivity contribution >= 4 is 45.5 Å². The smallest absolute Gasteiger partial charge is 0.341 e. The number of aryl methyl sites for hydroxylation is 2. The Hall–Kier alpha value is -2.26. The molecule has 0 saturated heterocycles. The molecule has 0 spiro atoms. The van der Waals surface area contributed by atoms with Crippen molar-refractivity contribution in [3.8, 4) is 0 Å². The van der Waals surface area contributed by atoms with Crippen LogP contribution in [-0.4, -0.2) is 36.0 Å². The molecule has 9 heteroatoms. The van der Waals surface area contributed by atoms with E-state index in [-0.39, 0.29) is 13.0 Å². The monoisotopic (exact) mass is 396 g/mol. The summed E-state index contributed by atoms with van der Waals surface area (Å²) in [6.07, 6.45) is 0.750. The lowest BCUT2D eigenvalue weighted by Gasteiger charge is -2.07. The van der Waals surface area contributed by atoms with Crippen LogP contribution in [0, 0.1) is 6.92 Å². The van der Waals surface area contributed by atoms with E-state index in [2.05, 4.69) is 10.3 Å². The number of nitrogens with zero attached hydrogens (tertiary/aromatic N) is 1. The zero-order chi connectivity index (χ0) is 19.1. The molecular formula is C17H20N2O5S2. The second kappa shape index (κ2) is 9.44. The summed E-state index contributed by atoms with van der Waals surface area (Å²) in [5, 5.41) is 5.66. The fraction of sp³-hybridized carbons (Fsp3) is 0.412. The van der Waals surface area contributed by atoms with Crippen LogP contribution in [-0.2, 0) is 31.9 Å². The molecule has 2 rings (SSSR count). The van der Waals surface area contributed by atoms with Gasteiger partial charge >= 0.3 is 11.9 Å². The number of nitrogens with one attached hydrogen (secondary N) is 1. The van der Waals surface area contributed by atoms with Crippen molar-refractivity contribution < 1.29 is 23.9 Å². The van der Waals surface area contributed by atoms with Crippen molar-refractivity contribution in [1.82, 2.24) is 4.98 Å². The first-order valence-electron chi connectivity index (χ1n) is 8.09. The number of rotatable bonds is 8. The average Bonchev–Trinajstić information content (AvgIpc) is 3.19. The quantitative estimate of drug-likeness (QED) is 0.690. The first kappa shape index (κ1) is 20.1. The number of hydrogen-bond donors (Lipinski definition) is 1. The highest BCUT2D eigenvalue weighted by Gasteiger charge is 2.19. The summed E-state index contributed by atoms with van der Waals surface area (Å²) in [5.41, 5.74) is 0.930. The first-order chi connectivity index (χ1) is 12.4. The van der Waals surface area contributed by atoms with Gasteiger partial charge in [-0.3, -0.25) is 9.59 Å². The lowest BCUT2D eigenvalue weighted by atomic mass is 10.2. The molecular weight excluding hydrogens is 376 g/mol. The van der Waals surface area contributed by atoms with Crippen molar-refractivity contribution in [2.45, 2.75) is 33.6 Å². The maximum Gasteiger partial charge on any atom is 0.341 e. The van der Waals surface area contributed by atoms with Gasteiger partial charge in [0.05, 0.1) is 29.3 Å². The van der Waals surface area contributed by atoms with E-state index in [0.717, 1.165) is 16.3 Å². The van der Waals surface area contributed by atoms with E-state index in [0.29, 0.717) is 16.3 Å². The SMILES string of the molecule is CCOC(=O)c1cc(CC)sc1NC(=O)COC(=O)Cc1csc(C)n1. The van der Waals surface area contributed by atoms with E-state index in [9.17, 15) is 14.4 Å². The van der Waals surface area contributed by atoms with Crippen LogP contribution in [0.4, 0.5) is 5.00 Å². The third-order valence-corrected chi connectivity index (χ3v) is 5.25. The lowest BCUT2D eigenvalue weighted by molar-refractivity contribution is -0.146. The summed E-state index contributed by atoms with van der Waals surface area (Å²) in [7, 11) is 0. The molecule has 0 saturated carbocycles. The zero-order valence-corrected chi connectivity index (χ0v) is 16.4. The first-order valence-corrected chi connectivity index (χ1v) is 9.78. The van der Waals surface area contributed by atoms with E-state index < -0.39 is 24.5 Å². The summed E-state index contributed by atoms with van der Waals surface area (Å²) in [6, 6.07) is 1.70. The summed E-state index contributed by atoms with van der Waals surface area (Å²) in [4.78, 5) is 40.9. The van der Waals surface area contributed by atoms with Crippen LogP contribution >= 0.6 is 22.7 Å². The Kier molecular flexibility index (Phi) is 7.28. The van der Waals surface area contributed by atoms with Gasteiger partial charge in [-0.25, -0.2) is 9.78 Å². The fourth-order valence-corrected chi connectivity index (χ4v) is 3.68. The van der Waals surface area contributed by atoms with E-state index >= 15 is 0 Å². The number of thiophene rings is 1. The van der Waals surface area contributed by atoms with Gasteiger partial charge in [-0.2, -0.15) is 0 Å². The lowest BCUT2D eigenvalue weighted by Crippen LogP contribution is -2.22. The van der Waals surface area contributed by atoms with Gasteiger partial charge in [0.25, 0.3) is 5.91 Å². The molecule has 2 heterocycles. The van der Waals surface area contributed by atoms with Gasteiger partial charge < -0.3 is 14.8 Å². The standard InChI is InChI=1S/C17H20N2O5S2/c1-4-12-7-13(17(22)23-5-2)16(26-12)19-14(20)8-24-15(21)6-11-9-25-10(3)18-11/h7,9H,4-6,8H2,1-3H3,(H,19,20). The highest BCUT2D eigenvalue weighted by atomic mass is 32.1. The Bertz CT molecular complexity index is 797. The van der Waals surface area contributed by atoms with Crippen LogP contribution in [0.25, 0.3) is 0 Å². The number of aromatic nitrogens is 1. The van der Waals surface area contributed by atoms with Crippen LogP contribution in [0.2, 0.25) is 0 Å². The predicted molar refractivity (Wildman–Crippen MR) is 99.8 cm³/mol. The Balaban J connectivity index is 1.91. The van der Waals surface area contributed by atoms with Crippen LogP contribution in [0.15, 0.2) is 11.4 Å². The maximum absolute atomic E-state index is 12.1. The predicted octanol–water partition coefficient (Wildman–Crippen LogP) is 2.98. The normalized spacial score (nSPS) is 10.4. The van der Waals surface area contributed by atoms with Crippen molar-refractivity contribution in [2.24, 2.45) is 0 Å². The van der Waals surface area contributed by atoms with Crippen molar-refractivity contribution in [3.05, 3.63) is 32.6 Å². The highest BCUT2D eigenvalue weighted by molar-refractivity contribution is 7.16. The van der Waals surface area contributed by atoms with Gasteiger partial charge in [0.2, 0.25) is 0 Å². The third kappa shape index (κ3) is 5.63. The van der Waals surface area contributed by atoms with Crippen LogP contribution in [0.1, 0.15) is 39.8 Å².